The Morgan fingerprint density at radius 2 is 1.83 bits per heavy atom. The van der Waals surface area contributed by atoms with Crippen molar-refractivity contribution in [3.8, 4) is 0 Å². The summed E-state index contributed by atoms with van der Waals surface area (Å²) in [4.78, 5) is 0. The predicted molar refractivity (Wildman–Crippen MR) is 54.1 cm³/mol. The van der Waals surface area contributed by atoms with Gasteiger partial charge in [0.1, 0.15) is 0 Å². The maximum absolute atomic E-state index is 5.45. The first kappa shape index (κ1) is 10.0. The second-order valence-electron chi connectivity index (χ2n) is 4.35. The van der Waals surface area contributed by atoms with Crippen LogP contribution in [0.25, 0.3) is 0 Å². The van der Waals surface area contributed by atoms with Crippen molar-refractivity contribution in [3.63, 3.8) is 0 Å². The van der Waals surface area contributed by atoms with Crippen LogP contribution in [0.15, 0.2) is 0 Å². The Morgan fingerprint density at radius 1 is 1.08 bits per heavy atom. The number of hydrogen-bond donors (Lipinski definition) is 1. The van der Waals surface area contributed by atoms with E-state index in [1.54, 1.807) is 0 Å². The summed E-state index contributed by atoms with van der Waals surface area (Å²) in [7, 11) is 0. The minimum Gasteiger partial charge on any atom is -0.330 e. The molecule has 0 aromatic heterocycles. The lowest BCUT2D eigenvalue weighted by Gasteiger charge is -2.12. The molecule has 1 nitrogen and oxygen atoms in total. The van der Waals surface area contributed by atoms with E-state index < -0.39 is 0 Å². The summed E-state index contributed by atoms with van der Waals surface area (Å²) < 4.78 is 0. The van der Waals surface area contributed by atoms with Gasteiger partial charge in [-0.05, 0) is 44.1 Å². The van der Waals surface area contributed by atoms with Gasteiger partial charge in [0.15, 0.2) is 0 Å². The fourth-order valence-electron chi connectivity index (χ4n) is 2.15. The standard InChI is InChI=1S/C11H23N/c1-2-6-11(8-9-11)7-4-3-5-10-12/h2-10,12H2,1H3. The zero-order chi connectivity index (χ0) is 8.86. The van der Waals surface area contributed by atoms with E-state index in [1.807, 2.05) is 0 Å². The zero-order valence-electron chi connectivity index (χ0n) is 8.44. The molecule has 0 radical (unpaired) electrons. The van der Waals surface area contributed by atoms with Gasteiger partial charge < -0.3 is 5.73 Å². The third kappa shape index (κ3) is 3.14. The van der Waals surface area contributed by atoms with Crippen LogP contribution in [-0.2, 0) is 0 Å². The quantitative estimate of drug-likeness (QED) is 0.582. The van der Waals surface area contributed by atoms with Gasteiger partial charge in [-0.3, -0.25) is 0 Å². The van der Waals surface area contributed by atoms with Crippen molar-refractivity contribution in [2.45, 2.75) is 58.3 Å². The first-order valence-corrected chi connectivity index (χ1v) is 5.53. The largest absolute Gasteiger partial charge is 0.330 e. The molecule has 1 rings (SSSR count). The molecular weight excluding hydrogens is 146 g/mol. The average Bonchev–Trinajstić information content (AvgIpc) is 2.81. The van der Waals surface area contributed by atoms with E-state index in [1.165, 1.54) is 51.4 Å². The van der Waals surface area contributed by atoms with E-state index >= 15 is 0 Å². The van der Waals surface area contributed by atoms with Crippen LogP contribution >= 0.6 is 0 Å². The van der Waals surface area contributed by atoms with Crippen molar-refractivity contribution in [2.24, 2.45) is 11.1 Å². The van der Waals surface area contributed by atoms with Crippen LogP contribution in [0.3, 0.4) is 0 Å². The normalized spacial score (nSPS) is 19.5. The van der Waals surface area contributed by atoms with E-state index in [2.05, 4.69) is 6.92 Å². The maximum Gasteiger partial charge on any atom is -0.00773 e. The van der Waals surface area contributed by atoms with E-state index in [-0.39, 0.29) is 0 Å². The second kappa shape index (κ2) is 4.86. The summed E-state index contributed by atoms with van der Waals surface area (Å²) in [6.45, 7) is 3.18. The van der Waals surface area contributed by atoms with E-state index in [4.69, 9.17) is 5.73 Å². The van der Waals surface area contributed by atoms with Crippen molar-refractivity contribution in [1.82, 2.24) is 0 Å². The fraction of sp³-hybridized carbons (Fsp3) is 1.00. The van der Waals surface area contributed by atoms with Crippen molar-refractivity contribution in [3.05, 3.63) is 0 Å². The highest BCUT2D eigenvalue weighted by molar-refractivity contribution is 4.91. The first-order chi connectivity index (χ1) is 5.83. The van der Waals surface area contributed by atoms with Gasteiger partial charge in [0.05, 0.1) is 0 Å². The van der Waals surface area contributed by atoms with Gasteiger partial charge in [-0.2, -0.15) is 0 Å². The molecule has 1 saturated carbocycles. The Bertz CT molecular complexity index is 116. The molecule has 1 heteroatoms. The number of hydrogen-bond acceptors (Lipinski definition) is 1. The molecule has 0 unspecified atom stereocenters. The SMILES string of the molecule is CCCC1(CCCCCN)CC1. The lowest BCUT2D eigenvalue weighted by Crippen LogP contribution is -2.01. The molecule has 0 aromatic rings. The molecular formula is C11H23N. The summed E-state index contributed by atoms with van der Waals surface area (Å²) in [5.41, 5.74) is 6.26. The predicted octanol–water partition coefficient (Wildman–Crippen LogP) is 3.09. The van der Waals surface area contributed by atoms with Crippen LogP contribution in [0.1, 0.15) is 58.3 Å². The summed E-state index contributed by atoms with van der Waals surface area (Å²) in [5, 5.41) is 0. The molecule has 1 fully saturated rings. The van der Waals surface area contributed by atoms with Crippen molar-refractivity contribution in [1.29, 1.82) is 0 Å². The Kier molecular flexibility index (Phi) is 4.07. The summed E-state index contributed by atoms with van der Waals surface area (Å²) in [6.07, 6.45) is 11.3. The molecule has 0 aliphatic heterocycles. The van der Waals surface area contributed by atoms with Crippen LogP contribution in [0.4, 0.5) is 0 Å². The Balaban J connectivity index is 1.98. The monoisotopic (exact) mass is 169 g/mol. The van der Waals surface area contributed by atoms with Gasteiger partial charge in [-0.15, -0.1) is 0 Å². The lowest BCUT2D eigenvalue weighted by molar-refractivity contribution is 0.402. The topological polar surface area (TPSA) is 26.0 Å². The first-order valence-electron chi connectivity index (χ1n) is 5.53. The van der Waals surface area contributed by atoms with E-state index in [9.17, 15) is 0 Å². The van der Waals surface area contributed by atoms with Crippen LogP contribution in [0.2, 0.25) is 0 Å². The van der Waals surface area contributed by atoms with Crippen LogP contribution in [0.5, 0.6) is 0 Å². The average molecular weight is 169 g/mol. The number of nitrogens with two attached hydrogens (primary N) is 1. The third-order valence-corrected chi connectivity index (χ3v) is 3.15. The Morgan fingerprint density at radius 3 is 2.33 bits per heavy atom. The van der Waals surface area contributed by atoms with Crippen molar-refractivity contribution < 1.29 is 0 Å². The molecule has 0 aromatic carbocycles. The zero-order valence-corrected chi connectivity index (χ0v) is 8.44. The summed E-state index contributed by atoms with van der Waals surface area (Å²) in [5.74, 6) is 0. The highest BCUT2D eigenvalue weighted by Gasteiger charge is 2.40. The summed E-state index contributed by atoms with van der Waals surface area (Å²) >= 11 is 0. The van der Waals surface area contributed by atoms with Gasteiger partial charge in [0.25, 0.3) is 0 Å². The van der Waals surface area contributed by atoms with Gasteiger partial charge in [-0.25, -0.2) is 0 Å². The molecule has 0 heterocycles. The molecule has 0 bridgehead atoms. The van der Waals surface area contributed by atoms with Crippen LogP contribution in [0, 0.1) is 5.41 Å². The van der Waals surface area contributed by atoms with Crippen molar-refractivity contribution in [2.75, 3.05) is 6.54 Å². The van der Waals surface area contributed by atoms with Crippen LogP contribution < -0.4 is 5.73 Å². The fourth-order valence-corrected chi connectivity index (χ4v) is 2.15. The number of rotatable bonds is 7. The molecule has 0 atom stereocenters. The van der Waals surface area contributed by atoms with Gasteiger partial charge in [-0.1, -0.05) is 26.2 Å². The maximum atomic E-state index is 5.45. The molecule has 72 valence electrons. The number of unbranched alkanes of at least 4 members (excludes halogenated alkanes) is 2. The minimum absolute atomic E-state index is 0.809. The molecule has 12 heavy (non-hydrogen) atoms. The molecule has 0 amide bonds. The lowest BCUT2D eigenvalue weighted by atomic mass is 9.93. The third-order valence-electron chi connectivity index (χ3n) is 3.15. The molecule has 1 aliphatic carbocycles. The summed E-state index contributed by atoms with van der Waals surface area (Å²) in [6, 6.07) is 0. The molecule has 2 N–H and O–H groups in total. The Hall–Kier alpha value is -0.0400. The van der Waals surface area contributed by atoms with Crippen LogP contribution in [-0.4, -0.2) is 6.54 Å². The van der Waals surface area contributed by atoms with Gasteiger partial charge in [0, 0.05) is 0 Å². The molecule has 0 spiro atoms. The molecule has 1 aliphatic rings. The van der Waals surface area contributed by atoms with Crippen molar-refractivity contribution >= 4 is 0 Å². The Labute approximate surface area is 76.7 Å². The smallest absolute Gasteiger partial charge is 0.00773 e. The molecule has 0 saturated heterocycles. The van der Waals surface area contributed by atoms with E-state index in [0.29, 0.717) is 0 Å². The van der Waals surface area contributed by atoms with Gasteiger partial charge in [0.2, 0.25) is 0 Å². The highest BCUT2D eigenvalue weighted by Crippen LogP contribution is 2.53. The van der Waals surface area contributed by atoms with E-state index in [0.717, 1.165) is 12.0 Å². The highest BCUT2D eigenvalue weighted by atomic mass is 14.5. The second-order valence-corrected chi connectivity index (χ2v) is 4.35. The minimum atomic E-state index is 0.809. The van der Waals surface area contributed by atoms with Gasteiger partial charge >= 0.3 is 0 Å².